The van der Waals surface area contributed by atoms with Crippen molar-refractivity contribution in [3.63, 3.8) is 0 Å². The molecule has 9 nitrogen and oxygen atoms in total. The summed E-state index contributed by atoms with van der Waals surface area (Å²) < 4.78 is 10.3. The number of carbonyl (C=O) groups is 3. The Balaban J connectivity index is 1.83. The Bertz CT molecular complexity index is 1020. The van der Waals surface area contributed by atoms with Crippen LogP contribution in [0.3, 0.4) is 0 Å². The summed E-state index contributed by atoms with van der Waals surface area (Å²) in [5, 5.41) is 18.2. The van der Waals surface area contributed by atoms with Crippen molar-refractivity contribution < 1.29 is 29.0 Å². The van der Waals surface area contributed by atoms with Gasteiger partial charge in [-0.05, 0) is 44.5 Å². The number of amides is 2. The zero-order chi connectivity index (χ0) is 26.0. The summed E-state index contributed by atoms with van der Waals surface area (Å²) in [6.07, 6.45) is -0.859. The molecule has 0 aliphatic rings. The van der Waals surface area contributed by atoms with Crippen molar-refractivity contribution in [2.45, 2.75) is 38.8 Å². The van der Waals surface area contributed by atoms with E-state index in [0.717, 1.165) is 0 Å². The second-order valence-corrected chi connectivity index (χ2v) is 9.26. The maximum absolute atomic E-state index is 12.3. The van der Waals surface area contributed by atoms with Gasteiger partial charge in [0.15, 0.2) is 0 Å². The number of esters is 1. The molecule has 0 saturated heterocycles. The maximum Gasteiger partial charge on any atom is 0.408 e. The number of nitrogens with one attached hydrogen (secondary N) is 3. The fraction of sp³-hybridized carbons (Fsp3) is 0.375. The molecule has 1 atom stereocenters. The number of alkyl carbamates (subject to hydrolysis) is 1. The minimum absolute atomic E-state index is 0.00774. The third-order valence-electron chi connectivity index (χ3n) is 4.43. The summed E-state index contributed by atoms with van der Waals surface area (Å²) in [4.78, 5) is 36.3. The molecular weight excluding hydrogens is 497 g/mol. The zero-order valence-electron chi connectivity index (χ0n) is 19.7. The summed E-state index contributed by atoms with van der Waals surface area (Å²) >= 11 is 12.4. The van der Waals surface area contributed by atoms with Crippen LogP contribution in [-0.2, 0) is 25.5 Å². The number of ether oxygens (including phenoxy) is 2. The molecular formula is C24H29Cl2N3O6. The van der Waals surface area contributed by atoms with Crippen LogP contribution in [-0.4, -0.2) is 54.5 Å². The summed E-state index contributed by atoms with van der Waals surface area (Å²) in [6.45, 7) is 4.30. The van der Waals surface area contributed by atoms with E-state index in [-0.39, 0.29) is 19.6 Å². The first kappa shape index (κ1) is 28.2. The van der Waals surface area contributed by atoms with Gasteiger partial charge in [0.25, 0.3) is 0 Å². The lowest BCUT2D eigenvalue weighted by Gasteiger charge is -2.22. The van der Waals surface area contributed by atoms with Gasteiger partial charge in [0.05, 0.1) is 35.3 Å². The van der Waals surface area contributed by atoms with Gasteiger partial charge in [-0.15, -0.1) is 0 Å². The van der Waals surface area contributed by atoms with Gasteiger partial charge in [0.2, 0.25) is 5.91 Å². The van der Waals surface area contributed by atoms with E-state index in [4.69, 9.17) is 32.7 Å². The third kappa shape index (κ3) is 9.64. The molecule has 35 heavy (non-hydrogen) atoms. The van der Waals surface area contributed by atoms with Crippen LogP contribution >= 0.6 is 23.2 Å². The van der Waals surface area contributed by atoms with Crippen molar-refractivity contribution in [3.8, 4) is 0 Å². The van der Waals surface area contributed by atoms with Crippen molar-refractivity contribution in [1.82, 2.24) is 10.6 Å². The molecule has 11 heteroatoms. The number of halogens is 2. The van der Waals surface area contributed by atoms with E-state index in [0.29, 0.717) is 27.0 Å². The summed E-state index contributed by atoms with van der Waals surface area (Å²) in [6, 6.07) is 11.1. The largest absolute Gasteiger partial charge is 0.464 e. The highest BCUT2D eigenvalue weighted by Gasteiger charge is 2.23. The predicted octanol–water partition coefficient (Wildman–Crippen LogP) is 3.82. The van der Waals surface area contributed by atoms with Crippen molar-refractivity contribution in [3.05, 3.63) is 58.1 Å². The zero-order valence-corrected chi connectivity index (χ0v) is 21.2. The lowest BCUT2D eigenvalue weighted by Crippen LogP contribution is -2.50. The van der Waals surface area contributed by atoms with Gasteiger partial charge in [0.1, 0.15) is 18.2 Å². The first-order valence-electron chi connectivity index (χ1n) is 10.8. The number of aliphatic hydroxyl groups excluding tert-OH is 1. The molecule has 0 heterocycles. The molecule has 0 fully saturated rings. The highest BCUT2D eigenvalue weighted by molar-refractivity contribution is 6.39. The molecule has 0 aromatic heterocycles. The van der Waals surface area contributed by atoms with Crippen LogP contribution in [0.5, 0.6) is 0 Å². The number of anilines is 2. The van der Waals surface area contributed by atoms with Gasteiger partial charge in [-0.1, -0.05) is 47.5 Å². The molecule has 0 saturated carbocycles. The highest BCUT2D eigenvalue weighted by Crippen LogP contribution is 2.33. The highest BCUT2D eigenvalue weighted by atomic mass is 35.5. The minimum atomic E-state index is -1.20. The van der Waals surface area contributed by atoms with Gasteiger partial charge in [-0.3, -0.25) is 9.59 Å². The second kappa shape index (κ2) is 13.2. The lowest BCUT2D eigenvalue weighted by atomic mass is 10.1. The average Bonchev–Trinajstić information content (AvgIpc) is 2.77. The molecule has 2 aromatic rings. The Morgan fingerprint density at radius 2 is 1.69 bits per heavy atom. The summed E-state index contributed by atoms with van der Waals surface area (Å²) in [7, 11) is 0. The fourth-order valence-corrected chi connectivity index (χ4v) is 3.35. The number of rotatable bonds is 10. The quantitative estimate of drug-likeness (QED) is 0.274. The van der Waals surface area contributed by atoms with Gasteiger partial charge in [0, 0.05) is 5.69 Å². The van der Waals surface area contributed by atoms with Crippen LogP contribution < -0.4 is 16.0 Å². The Hall–Kier alpha value is -3.01. The fourth-order valence-electron chi connectivity index (χ4n) is 2.86. The molecule has 2 rings (SSSR count). The standard InChI is InChI=1S/C24H29Cl2N3O6/c1-24(2,3)35-23(33)29-19(14-30)22(32)27-11-12-34-20(31)13-15-7-4-5-10-18(15)28-21-16(25)8-6-9-17(21)26/h4-10,19,28,30H,11-14H2,1-3H3,(H,27,32)(H,29,33). The number of para-hydroxylation sites is 2. The Labute approximate surface area is 214 Å². The number of carbonyl (C=O) groups excluding carboxylic acids is 3. The molecule has 0 radical (unpaired) electrons. The van der Waals surface area contributed by atoms with Gasteiger partial charge in [-0.25, -0.2) is 4.79 Å². The normalized spacial score (nSPS) is 11.8. The Kier molecular flexibility index (Phi) is 10.6. The van der Waals surface area contributed by atoms with E-state index < -0.39 is 36.2 Å². The average molecular weight is 526 g/mol. The number of hydrogen-bond acceptors (Lipinski definition) is 7. The van der Waals surface area contributed by atoms with Crippen molar-refractivity contribution in [2.24, 2.45) is 0 Å². The Morgan fingerprint density at radius 3 is 2.31 bits per heavy atom. The predicted molar refractivity (Wildman–Crippen MR) is 134 cm³/mol. The molecule has 2 aromatic carbocycles. The van der Waals surface area contributed by atoms with Crippen LogP contribution in [0, 0.1) is 0 Å². The van der Waals surface area contributed by atoms with E-state index in [1.165, 1.54) is 0 Å². The van der Waals surface area contributed by atoms with Crippen LogP contribution in [0.25, 0.3) is 0 Å². The van der Waals surface area contributed by atoms with Crippen molar-refractivity contribution in [2.75, 3.05) is 25.1 Å². The molecule has 0 bridgehead atoms. The van der Waals surface area contributed by atoms with Crippen LogP contribution in [0.1, 0.15) is 26.3 Å². The van der Waals surface area contributed by atoms with E-state index in [1.807, 2.05) is 0 Å². The van der Waals surface area contributed by atoms with E-state index >= 15 is 0 Å². The summed E-state index contributed by atoms with van der Waals surface area (Å²) in [5.41, 5.74) is 1.09. The van der Waals surface area contributed by atoms with Gasteiger partial charge < -0.3 is 30.5 Å². The molecule has 0 aliphatic heterocycles. The molecule has 0 aliphatic carbocycles. The molecule has 190 valence electrons. The SMILES string of the molecule is CC(C)(C)OC(=O)NC(CO)C(=O)NCCOC(=O)Cc1ccccc1Nc1c(Cl)cccc1Cl. The second-order valence-electron chi connectivity index (χ2n) is 8.45. The van der Waals surface area contributed by atoms with E-state index in [9.17, 15) is 19.5 Å². The lowest BCUT2D eigenvalue weighted by molar-refractivity contribution is -0.143. The number of hydrogen-bond donors (Lipinski definition) is 4. The van der Waals surface area contributed by atoms with Gasteiger partial charge in [-0.2, -0.15) is 0 Å². The monoisotopic (exact) mass is 525 g/mol. The first-order chi connectivity index (χ1) is 16.5. The molecule has 1 unspecified atom stereocenters. The van der Waals surface area contributed by atoms with Crippen LogP contribution in [0.4, 0.5) is 16.2 Å². The van der Waals surface area contributed by atoms with Crippen molar-refractivity contribution >= 4 is 52.5 Å². The third-order valence-corrected chi connectivity index (χ3v) is 5.06. The molecule has 4 N–H and O–H groups in total. The maximum atomic E-state index is 12.3. The minimum Gasteiger partial charge on any atom is -0.464 e. The Morgan fingerprint density at radius 1 is 1.03 bits per heavy atom. The topological polar surface area (TPSA) is 126 Å². The van der Waals surface area contributed by atoms with Gasteiger partial charge >= 0.3 is 12.1 Å². The van der Waals surface area contributed by atoms with Crippen molar-refractivity contribution in [1.29, 1.82) is 0 Å². The van der Waals surface area contributed by atoms with Crippen LogP contribution in [0.2, 0.25) is 10.0 Å². The number of aliphatic hydroxyl groups is 1. The van der Waals surface area contributed by atoms with Crippen LogP contribution in [0.15, 0.2) is 42.5 Å². The number of benzene rings is 2. The first-order valence-corrected chi connectivity index (χ1v) is 11.6. The van der Waals surface area contributed by atoms with E-state index in [1.54, 1.807) is 63.2 Å². The molecule has 2 amide bonds. The molecule has 0 spiro atoms. The smallest absolute Gasteiger partial charge is 0.408 e. The van der Waals surface area contributed by atoms with E-state index in [2.05, 4.69) is 16.0 Å². The summed E-state index contributed by atoms with van der Waals surface area (Å²) in [5.74, 6) is -1.15.